The molecular weight excluding hydrogens is 276 g/mol. The molecule has 4 unspecified atom stereocenters. The third kappa shape index (κ3) is 4.76. The zero-order chi connectivity index (χ0) is 17.1. The Morgan fingerprint density at radius 1 is 0.957 bits per heavy atom. The topological polar surface area (TPSA) is 0 Å². The van der Waals surface area contributed by atoms with E-state index in [0.29, 0.717) is 10.8 Å². The van der Waals surface area contributed by atoms with Gasteiger partial charge in [0, 0.05) is 0 Å². The smallest absolute Gasteiger partial charge is 0.0267 e. The van der Waals surface area contributed by atoms with Crippen molar-refractivity contribution in [2.45, 2.75) is 112 Å². The second kappa shape index (κ2) is 7.92. The van der Waals surface area contributed by atoms with Crippen molar-refractivity contribution in [1.82, 2.24) is 0 Å². The van der Waals surface area contributed by atoms with Crippen molar-refractivity contribution < 1.29 is 0 Å². The summed E-state index contributed by atoms with van der Waals surface area (Å²) in [6.07, 6.45) is 16.2. The van der Waals surface area contributed by atoms with Gasteiger partial charge in [0.25, 0.3) is 0 Å². The Kier molecular flexibility index (Phi) is 6.66. The highest BCUT2D eigenvalue weighted by Gasteiger charge is 2.47. The van der Waals surface area contributed by atoms with Gasteiger partial charge in [-0.2, -0.15) is 0 Å². The van der Waals surface area contributed by atoms with Crippen LogP contribution in [0.25, 0.3) is 0 Å². The molecule has 0 heterocycles. The molecular formula is C23H44. The molecule has 0 aromatic heterocycles. The fraction of sp³-hybridized carbons (Fsp3) is 1.00. The molecule has 2 fully saturated rings. The van der Waals surface area contributed by atoms with Crippen LogP contribution in [0, 0.1) is 34.5 Å². The van der Waals surface area contributed by atoms with E-state index < -0.39 is 0 Å². The van der Waals surface area contributed by atoms with Gasteiger partial charge in [0.05, 0.1) is 0 Å². The SMILES string of the molecule is CCCC1(C)C(CC2CCCCCC(C)(C)C2)CCC1C(C)C. The molecule has 0 bridgehead atoms. The summed E-state index contributed by atoms with van der Waals surface area (Å²) in [7, 11) is 0. The third-order valence-electron chi connectivity index (χ3n) is 7.62. The average molecular weight is 321 g/mol. The van der Waals surface area contributed by atoms with Crippen LogP contribution in [0.2, 0.25) is 0 Å². The van der Waals surface area contributed by atoms with E-state index >= 15 is 0 Å². The highest BCUT2D eigenvalue weighted by molar-refractivity contribution is 4.97. The molecule has 2 aliphatic rings. The number of hydrogen-bond acceptors (Lipinski definition) is 0. The quantitative estimate of drug-likeness (QED) is 0.483. The molecule has 0 amide bonds. The Hall–Kier alpha value is 0. The summed E-state index contributed by atoms with van der Waals surface area (Å²) in [5, 5.41) is 0. The van der Waals surface area contributed by atoms with Crippen molar-refractivity contribution in [3.8, 4) is 0 Å². The molecule has 0 aromatic carbocycles. The summed E-state index contributed by atoms with van der Waals surface area (Å²) in [6.45, 7) is 15.1. The monoisotopic (exact) mass is 320 g/mol. The van der Waals surface area contributed by atoms with Gasteiger partial charge in [-0.1, -0.05) is 73.6 Å². The van der Waals surface area contributed by atoms with Crippen LogP contribution in [0.4, 0.5) is 0 Å². The molecule has 0 saturated heterocycles. The summed E-state index contributed by atoms with van der Waals surface area (Å²) >= 11 is 0. The lowest BCUT2D eigenvalue weighted by molar-refractivity contribution is 0.0792. The van der Waals surface area contributed by atoms with Crippen molar-refractivity contribution in [2.75, 3.05) is 0 Å². The first kappa shape index (κ1) is 19.3. The standard InChI is InChI=1S/C23H44/c1-7-14-23(6)20(12-13-21(23)18(2)3)16-19-11-9-8-10-15-22(4,5)17-19/h18-21H,7-17H2,1-6H3. The lowest BCUT2D eigenvalue weighted by Gasteiger charge is -2.42. The summed E-state index contributed by atoms with van der Waals surface area (Å²) in [6, 6.07) is 0. The predicted octanol–water partition coefficient (Wildman–Crippen LogP) is 7.86. The van der Waals surface area contributed by atoms with Crippen LogP contribution in [-0.2, 0) is 0 Å². The Bertz CT molecular complexity index is 353. The fourth-order valence-electron chi connectivity index (χ4n) is 6.56. The summed E-state index contributed by atoms with van der Waals surface area (Å²) in [5.41, 5.74) is 1.21. The van der Waals surface area contributed by atoms with Crippen LogP contribution in [0.15, 0.2) is 0 Å². The van der Waals surface area contributed by atoms with E-state index in [4.69, 9.17) is 0 Å². The summed E-state index contributed by atoms with van der Waals surface area (Å²) in [4.78, 5) is 0. The van der Waals surface area contributed by atoms with Crippen molar-refractivity contribution in [3.05, 3.63) is 0 Å². The minimum Gasteiger partial charge on any atom is -0.0654 e. The van der Waals surface area contributed by atoms with Crippen LogP contribution in [-0.4, -0.2) is 0 Å². The van der Waals surface area contributed by atoms with E-state index in [2.05, 4.69) is 41.5 Å². The maximum Gasteiger partial charge on any atom is -0.0267 e. The van der Waals surface area contributed by atoms with Gasteiger partial charge < -0.3 is 0 Å². The highest BCUT2D eigenvalue weighted by atomic mass is 14.5. The van der Waals surface area contributed by atoms with Gasteiger partial charge in [-0.05, 0) is 73.0 Å². The maximum atomic E-state index is 2.66. The van der Waals surface area contributed by atoms with Crippen molar-refractivity contribution in [1.29, 1.82) is 0 Å². The van der Waals surface area contributed by atoms with Crippen LogP contribution in [0.3, 0.4) is 0 Å². The van der Waals surface area contributed by atoms with E-state index in [1.54, 1.807) is 0 Å². The summed E-state index contributed by atoms with van der Waals surface area (Å²) in [5.74, 6) is 3.83. The molecule has 136 valence electrons. The molecule has 4 atom stereocenters. The number of rotatable bonds is 5. The van der Waals surface area contributed by atoms with Crippen molar-refractivity contribution in [2.24, 2.45) is 34.5 Å². The first-order chi connectivity index (χ1) is 10.8. The van der Waals surface area contributed by atoms with Gasteiger partial charge in [0.2, 0.25) is 0 Å². The largest absolute Gasteiger partial charge is 0.0654 e. The molecule has 0 N–H and O–H groups in total. The molecule has 0 heteroatoms. The molecule has 2 rings (SSSR count). The molecule has 0 aromatic rings. The molecule has 0 nitrogen and oxygen atoms in total. The van der Waals surface area contributed by atoms with Crippen LogP contribution < -0.4 is 0 Å². The lowest BCUT2D eigenvalue weighted by Crippen LogP contribution is -2.33. The van der Waals surface area contributed by atoms with Crippen LogP contribution in [0.1, 0.15) is 112 Å². The molecule has 2 saturated carbocycles. The first-order valence-corrected chi connectivity index (χ1v) is 10.8. The van der Waals surface area contributed by atoms with Gasteiger partial charge in [-0.15, -0.1) is 0 Å². The Balaban J connectivity index is 2.07. The summed E-state index contributed by atoms with van der Waals surface area (Å²) < 4.78 is 0. The first-order valence-electron chi connectivity index (χ1n) is 10.8. The van der Waals surface area contributed by atoms with Gasteiger partial charge in [-0.25, -0.2) is 0 Å². The number of hydrogen-bond donors (Lipinski definition) is 0. The third-order valence-corrected chi connectivity index (χ3v) is 7.62. The Morgan fingerprint density at radius 3 is 2.35 bits per heavy atom. The van der Waals surface area contributed by atoms with E-state index in [1.165, 1.54) is 70.6 Å². The van der Waals surface area contributed by atoms with Gasteiger partial charge in [-0.3, -0.25) is 0 Å². The highest BCUT2D eigenvalue weighted by Crippen LogP contribution is 2.56. The second-order valence-electron chi connectivity index (χ2n) is 10.5. The average Bonchev–Trinajstić information content (AvgIpc) is 2.73. The van der Waals surface area contributed by atoms with Gasteiger partial charge in [0.1, 0.15) is 0 Å². The normalized spacial score (nSPS) is 38.5. The fourth-order valence-corrected chi connectivity index (χ4v) is 6.56. The Labute approximate surface area is 147 Å². The maximum absolute atomic E-state index is 2.66. The predicted molar refractivity (Wildman–Crippen MR) is 104 cm³/mol. The molecule has 0 spiro atoms. The minimum atomic E-state index is 0.586. The van der Waals surface area contributed by atoms with Gasteiger partial charge >= 0.3 is 0 Å². The zero-order valence-electron chi connectivity index (χ0n) is 17.1. The molecule has 0 radical (unpaired) electrons. The van der Waals surface area contributed by atoms with Crippen molar-refractivity contribution >= 4 is 0 Å². The van der Waals surface area contributed by atoms with Crippen molar-refractivity contribution in [3.63, 3.8) is 0 Å². The Morgan fingerprint density at radius 2 is 1.70 bits per heavy atom. The second-order valence-corrected chi connectivity index (χ2v) is 10.5. The zero-order valence-corrected chi connectivity index (χ0v) is 17.1. The van der Waals surface area contributed by atoms with E-state index in [-0.39, 0.29) is 0 Å². The molecule has 23 heavy (non-hydrogen) atoms. The van der Waals surface area contributed by atoms with E-state index in [0.717, 1.165) is 23.7 Å². The van der Waals surface area contributed by atoms with E-state index in [9.17, 15) is 0 Å². The lowest BCUT2D eigenvalue weighted by atomic mass is 9.63. The van der Waals surface area contributed by atoms with Crippen LogP contribution >= 0.6 is 0 Å². The molecule has 2 aliphatic carbocycles. The van der Waals surface area contributed by atoms with Gasteiger partial charge in [0.15, 0.2) is 0 Å². The van der Waals surface area contributed by atoms with E-state index in [1.807, 2.05) is 0 Å². The molecule has 0 aliphatic heterocycles. The minimum absolute atomic E-state index is 0.586. The van der Waals surface area contributed by atoms with Crippen LogP contribution in [0.5, 0.6) is 0 Å².